The van der Waals surface area contributed by atoms with Crippen molar-refractivity contribution in [3.8, 4) is 0 Å². The van der Waals surface area contributed by atoms with Gasteiger partial charge < -0.3 is 10.1 Å². The first kappa shape index (κ1) is 11.6. The molecule has 1 saturated carbocycles. The minimum Gasteiger partial charge on any atom is -0.372 e. The maximum Gasteiger partial charge on any atom is 0.0949 e. The Morgan fingerprint density at radius 2 is 2.06 bits per heavy atom. The molecule has 1 fully saturated rings. The molecule has 0 radical (unpaired) electrons. The minimum atomic E-state index is 0.210. The summed E-state index contributed by atoms with van der Waals surface area (Å²) < 4.78 is 5.89. The lowest BCUT2D eigenvalue weighted by Gasteiger charge is -2.18. The largest absolute Gasteiger partial charge is 0.372 e. The number of nitrogens with one attached hydrogen (secondary N) is 1. The molecule has 1 N–H and O–H groups in total. The quantitative estimate of drug-likeness (QED) is 0.761. The van der Waals surface area contributed by atoms with Crippen LogP contribution < -0.4 is 5.32 Å². The Bertz CT molecular complexity index is 295. The normalized spacial score (nSPS) is 17.3. The summed E-state index contributed by atoms with van der Waals surface area (Å²) in [5.74, 6) is 0. The average molecular weight is 219 g/mol. The van der Waals surface area contributed by atoms with Crippen LogP contribution in [0.3, 0.4) is 0 Å². The van der Waals surface area contributed by atoms with Gasteiger partial charge in [-0.3, -0.25) is 0 Å². The van der Waals surface area contributed by atoms with Gasteiger partial charge in [0.05, 0.1) is 6.10 Å². The second-order valence-electron chi connectivity index (χ2n) is 4.45. The summed E-state index contributed by atoms with van der Waals surface area (Å²) in [7, 11) is 0. The van der Waals surface area contributed by atoms with Crippen LogP contribution in [0.4, 0.5) is 0 Å². The van der Waals surface area contributed by atoms with Gasteiger partial charge in [-0.25, -0.2) is 0 Å². The molecule has 1 aromatic carbocycles. The monoisotopic (exact) mass is 219 g/mol. The van der Waals surface area contributed by atoms with Crippen LogP contribution in [0, 0.1) is 0 Å². The lowest BCUT2D eigenvalue weighted by molar-refractivity contribution is 0.0527. The molecule has 0 heterocycles. The number of rotatable bonds is 7. The first-order valence-corrected chi connectivity index (χ1v) is 6.30. The topological polar surface area (TPSA) is 21.3 Å². The molecule has 1 aliphatic carbocycles. The average Bonchev–Trinajstić information content (AvgIpc) is 3.14. The van der Waals surface area contributed by atoms with Crippen LogP contribution in [0.1, 0.15) is 37.9 Å². The van der Waals surface area contributed by atoms with Crippen LogP contribution in [-0.2, 0) is 4.74 Å². The molecule has 88 valence electrons. The van der Waals surface area contributed by atoms with Crippen molar-refractivity contribution in [2.24, 2.45) is 0 Å². The first-order chi connectivity index (χ1) is 7.90. The highest BCUT2D eigenvalue weighted by Crippen LogP contribution is 2.22. The SMILES string of the molecule is CCCOC(CNC1CC1)c1ccccc1. The van der Waals surface area contributed by atoms with Gasteiger partial charge in [-0.05, 0) is 24.8 Å². The summed E-state index contributed by atoms with van der Waals surface area (Å²) in [5.41, 5.74) is 1.28. The Morgan fingerprint density at radius 1 is 1.31 bits per heavy atom. The molecule has 2 nitrogen and oxygen atoms in total. The van der Waals surface area contributed by atoms with Gasteiger partial charge in [0, 0.05) is 19.2 Å². The van der Waals surface area contributed by atoms with Crippen LogP contribution >= 0.6 is 0 Å². The second-order valence-corrected chi connectivity index (χ2v) is 4.45. The molecule has 0 saturated heterocycles. The van der Waals surface area contributed by atoms with E-state index in [-0.39, 0.29) is 6.10 Å². The third kappa shape index (κ3) is 3.62. The van der Waals surface area contributed by atoms with Crippen molar-refractivity contribution < 1.29 is 4.74 Å². The molecule has 0 spiro atoms. The van der Waals surface area contributed by atoms with Crippen LogP contribution in [-0.4, -0.2) is 19.2 Å². The molecule has 0 amide bonds. The highest BCUT2D eigenvalue weighted by molar-refractivity contribution is 5.18. The predicted molar refractivity (Wildman–Crippen MR) is 66.5 cm³/mol. The number of benzene rings is 1. The standard InChI is InChI=1S/C14H21NO/c1-2-10-16-14(11-15-13-8-9-13)12-6-4-3-5-7-12/h3-7,13-15H,2,8-11H2,1H3. The summed E-state index contributed by atoms with van der Waals surface area (Å²) in [6.07, 6.45) is 3.94. The Morgan fingerprint density at radius 3 is 2.69 bits per heavy atom. The molecule has 2 heteroatoms. The van der Waals surface area contributed by atoms with E-state index < -0.39 is 0 Å². The van der Waals surface area contributed by atoms with Crippen molar-refractivity contribution in [2.45, 2.75) is 38.3 Å². The van der Waals surface area contributed by atoms with Gasteiger partial charge in [-0.15, -0.1) is 0 Å². The Hall–Kier alpha value is -0.860. The second kappa shape index (κ2) is 6.02. The molecular formula is C14H21NO. The fourth-order valence-electron chi connectivity index (χ4n) is 1.76. The maximum absolute atomic E-state index is 5.89. The highest BCUT2D eigenvalue weighted by atomic mass is 16.5. The van der Waals surface area contributed by atoms with E-state index in [9.17, 15) is 0 Å². The van der Waals surface area contributed by atoms with Crippen molar-refractivity contribution in [3.05, 3.63) is 35.9 Å². The molecule has 16 heavy (non-hydrogen) atoms. The van der Waals surface area contributed by atoms with Crippen molar-refractivity contribution in [2.75, 3.05) is 13.2 Å². The third-order valence-electron chi connectivity index (χ3n) is 2.86. The summed E-state index contributed by atoms with van der Waals surface area (Å²) in [5, 5.41) is 3.54. The van der Waals surface area contributed by atoms with Gasteiger partial charge >= 0.3 is 0 Å². The van der Waals surface area contributed by atoms with Crippen molar-refractivity contribution >= 4 is 0 Å². The molecule has 1 aromatic rings. The smallest absolute Gasteiger partial charge is 0.0949 e. The first-order valence-electron chi connectivity index (χ1n) is 6.30. The Balaban J connectivity index is 1.89. The third-order valence-corrected chi connectivity index (χ3v) is 2.86. The van der Waals surface area contributed by atoms with Gasteiger partial charge in [0.2, 0.25) is 0 Å². The fraction of sp³-hybridized carbons (Fsp3) is 0.571. The molecule has 0 aromatic heterocycles. The van der Waals surface area contributed by atoms with E-state index in [1.165, 1.54) is 18.4 Å². The molecule has 0 aliphatic heterocycles. The van der Waals surface area contributed by atoms with Crippen molar-refractivity contribution in [1.29, 1.82) is 0 Å². The number of ether oxygens (including phenoxy) is 1. The van der Waals surface area contributed by atoms with Crippen LogP contribution in [0.25, 0.3) is 0 Å². The summed E-state index contributed by atoms with van der Waals surface area (Å²) in [6.45, 7) is 3.93. The van der Waals surface area contributed by atoms with Gasteiger partial charge in [0.1, 0.15) is 0 Å². The van der Waals surface area contributed by atoms with E-state index in [1.54, 1.807) is 0 Å². The Kier molecular flexibility index (Phi) is 4.37. The van der Waals surface area contributed by atoms with Gasteiger partial charge in [-0.1, -0.05) is 37.3 Å². The minimum absolute atomic E-state index is 0.210. The summed E-state index contributed by atoms with van der Waals surface area (Å²) >= 11 is 0. The summed E-state index contributed by atoms with van der Waals surface area (Å²) in [4.78, 5) is 0. The van der Waals surface area contributed by atoms with Gasteiger partial charge in [0.15, 0.2) is 0 Å². The van der Waals surface area contributed by atoms with Gasteiger partial charge in [-0.2, -0.15) is 0 Å². The van der Waals surface area contributed by atoms with E-state index in [4.69, 9.17) is 4.74 Å². The molecule has 1 unspecified atom stereocenters. The van der Waals surface area contributed by atoms with Crippen LogP contribution in [0.5, 0.6) is 0 Å². The maximum atomic E-state index is 5.89. The van der Waals surface area contributed by atoms with E-state index in [0.717, 1.165) is 25.6 Å². The highest BCUT2D eigenvalue weighted by Gasteiger charge is 2.22. The molecule has 1 aliphatic rings. The number of hydrogen-bond donors (Lipinski definition) is 1. The molecule has 1 atom stereocenters. The molecule has 0 bridgehead atoms. The van der Waals surface area contributed by atoms with Crippen molar-refractivity contribution in [1.82, 2.24) is 5.32 Å². The zero-order valence-corrected chi connectivity index (χ0v) is 9.99. The van der Waals surface area contributed by atoms with Gasteiger partial charge in [0.25, 0.3) is 0 Å². The van der Waals surface area contributed by atoms with E-state index >= 15 is 0 Å². The predicted octanol–water partition coefficient (Wildman–Crippen LogP) is 2.91. The lowest BCUT2D eigenvalue weighted by Crippen LogP contribution is -2.25. The fourth-order valence-corrected chi connectivity index (χ4v) is 1.76. The molecular weight excluding hydrogens is 198 g/mol. The van der Waals surface area contributed by atoms with Crippen LogP contribution in [0.2, 0.25) is 0 Å². The van der Waals surface area contributed by atoms with E-state index in [0.29, 0.717) is 0 Å². The lowest BCUT2D eigenvalue weighted by atomic mass is 10.1. The zero-order chi connectivity index (χ0) is 11.2. The Labute approximate surface area is 98.0 Å². The number of hydrogen-bond acceptors (Lipinski definition) is 2. The van der Waals surface area contributed by atoms with Crippen molar-refractivity contribution in [3.63, 3.8) is 0 Å². The molecule has 2 rings (SSSR count). The van der Waals surface area contributed by atoms with Crippen LogP contribution in [0.15, 0.2) is 30.3 Å². The van der Waals surface area contributed by atoms with E-state index in [2.05, 4.69) is 42.6 Å². The van der Waals surface area contributed by atoms with E-state index in [1.807, 2.05) is 0 Å². The zero-order valence-electron chi connectivity index (χ0n) is 9.99. The summed E-state index contributed by atoms with van der Waals surface area (Å²) in [6, 6.07) is 11.2.